The maximum atomic E-state index is 12.3. The number of benzene rings is 1. The SMILES string of the molecule is CCOCC(=O)NCc1ccc(O)c(C(=O)NCCCCCCCC(=O)O)c1. The summed E-state index contributed by atoms with van der Waals surface area (Å²) in [6.45, 7) is 2.96. The van der Waals surface area contributed by atoms with E-state index in [4.69, 9.17) is 9.84 Å². The topological polar surface area (TPSA) is 125 Å². The molecule has 0 aromatic heterocycles. The van der Waals surface area contributed by atoms with E-state index in [1.54, 1.807) is 19.1 Å². The second-order valence-electron chi connectivity index (χ2n) is 6.43. The molecule has 0 saturated heterocycles. The van der Waals surface area contributed by atoms with Crippen molar-refractivity contribution in [1.82, 2.24) is 10.6 Å². The van der Waals surface area contributed by atoms with Gasteiger partial charge in [0, 0.05) is 26.1 Å². The molecular weight excluding hydrogens is 364 g/mol. The predicted molar refractivity (Wildman–Crippen MR) is 104 cm³/mol. The first-order valence-electron chi connectivity index (χ1n) is 9.60. The Morgan fingerprint density at radius 3 is 2.46 bits per heavy atom. The number of unbranched alkanes of at least 4 members (excludes halogenated alkanes) is 4. The molecule has 0 aliphatic rings. The first-order valence-corrected chi connectivity index (χ1v) is 9.60. The average molecular weight is 394 g/mol. The fourth-order valence-electron chi connectivity index (χ4n) is 2.55. The summed E-state index contributed by atoms with van der Waals surface area (Å²) in [5, 5.41) is 24.0. The van der Waals surface area contributed by atoms with Gasteiger partial charge in [-0.05, 0) is 37.5 Å². The standard InChI is InChI=1S/C20H30N2O6/c1-2-28-14-18(24)22-13-15-9-10-17(23)16(12-15)20(27)21-11-7-5-3-4-6-8-19(25)26/h9-10,12,23H,2-8,11,13-14H2,1H3,(H,21,27)(H,22,24)(H,25,26). The molecule has 8 heteroatoms. The molecule has 4 N–H and O–H groups in total. The molecule has 1 aromatic rings. The quantitative estimate of drug-likeness (QED) is 0.359. The van der Waals surface area contributed by atoms with Gasteiger partial charge in [0.1, 0.15) is 12.4 Å². The van der Waals surface area contributed by atoms with E-state index in [0.29, 0.717) is 25.1 Å². The highest BCUT2D eigenvalue weighted by atomic mass is 16.5. The van der Waals surface area contributed by atoms with Crippen LogP contribution in [-0.2, 0) is 20.9 Å². The van der Waals surface area contributed by atoms with Gasteiger partial charge in [-0.15, -0.1) is 0 Å². The first-order chi connectivity index (χ1) is 13.4. The molecule has 0 aliphatic carbocycles. The van der Waals surface area contributed by atoms with Gasteiger partial charge in [0.05, 0.1) is 5.56 Å². The second-order valence-corrected chi connectivity index (χ2v) is 6.43. The van der Waals surface area contributed by atoms with E-state index in [1.165, 1.54) is 6.07 Å². The van der Waals surface area contributed by atoms with Crippen molar-refractivity contribution in [3.8, 4) is 5.75 Å². The molecular formula is C20H30N2O6. The third-order valence-corrected chi connectivity index (χ3v) is 4.09. The molecule has 2 amide bonds. The molecule has 0 fully saturated rings. The normalized spacial score (nSPS) is 10.5. The minimum Gasteiger partial charge on any atom is -0.507 e. The van der Waals surface area contributed by atoms with E-state index in [0.717, 1.165) is 25.7 Å². The molecule has 0 radical (unpaired) electrons. The average Bonchev–Trinajstić information content (AvgIpc) is 2.67. The molecule has 156 valence electrons. The summed E-state index contributed by atoms with van der Waals surface area (Å²) < 4.78 is 5.02. The lowest BCUT2D eigenvalue weighted by atomic mass is 10.1. The van der Waals surface area contributed by atoms with Gasteiger partial charge in [-0.25, -0.2) is 0 Å². The molecule has 0 aliphatic heterocycles. The number of carboxylic acid groups (broad SMARTS) is 1. The largest absolute Gasteiger partial charge is 0.507 e. The van der Waals surface area contributed by atoms with Gasteiger partial charge in [-0.1, -0.05) is 25.3 Å². The Bertz CT molecular complexity index is 648. The van der Waals surface area contributed by atoms with E-state index in [1.807, 2.05) is 0 Å². The zero-order valence-corrected chi connectivity index (χ0v) is 16.3. The number of hydrogen-bond donors (Lipinski definition) is 4. The van der Waals surface area contributed by atoms with E-state index in [-0.39, 0.29) is 42.7 Å². The number of nitrogens with one attached hydrogen (secondary N) is 2. The summed E-state index contributed by atoms with van der Waals surface area (Å²) in [5.74, 6) is -1.51. The highest BCUT2D eigenvalue weighted by molar-refractivity contribution is 5.97. The summed E-state index contributed by atoms with van der Waals surface area (Å²) in [6, 6.07) is 4.63. The summed E-state index contributed by atoms with van der Waals surface area (Å²) >= 11 is 0. The van der Waals surface area contributed by atoms with Crippen molar-refractivity contribution in [2.75, 3.05) is 19.8 Å². The predicted octanol–water partition coefficient (Wildman–Crippen LogP) is 2.20. The van der Waals surface area contributed by atoms with E-state index in [2.05, 4.69) is 10.6 Å². The molecule has 1 aromatic carbocycles. The number of hydrogen-bond acceptors (Lipinski definition) is 5. The Hall–Kier alpha value is -2.61. The molecule has 0 saturated carbocycles. The van der Waals surface area contributed by atoms with Gasteiger partial charge in [0.2, 0.25) is 5.91 Å². The van der Waals surface area contributed by atoms with Gasteiger partial charge >= 0.3 is 5.97 Å². The summed E-state index contributed by atoms with van der Waals surface area (Å²) in [6.07, 6.45) is 4.33. The molecule has 1 rings (SSSR count). The van der Waals surface area contributed by atoms with E-state index in [9.17, 15) is 19.5 Å². The van der Waals surface area contributed by atoms with Crippen LogP contribution in [0.5, 0.6) is 5.75 Å². The number of rotatable bonds is 14. The smallest absolute Gasteiger partial charge is 0.303 e. The number of phenols is 1. The van der Waals surface area contributed by atoms with Crippen LogP contribution in [0.4, 0.5) is 0 Å². The van der Waals surface area contributed by atoms with Crippen LogP contribution in [0.15, 0.2) is 18.2 Å². The van der Waals surface area contributed by atoms with Crippen molar-refractivity contribution in [2.45, 2.75) is 52.0 Å². The van der Waals surface area contributed by atoms with Gasteiger partial charge in [0.25, 0.3) is 5.91 Å². The molecule has 0 atom stereocenters. The van der Waals surface area contributed by atoms with Crippen molar-refractivity contribution in [1.29, 1.82) is 0 Å². The first kappa shape index (κ1) is 23.4. The molecule has 0 spiro atoms. The lowest BCUT2D eigenvalue weighted by molar-refractivity contribution is -0.137. The Labute approximate surface area is 165 Å². The Morgan fingerprint density at radius 2 is 1.75 bits per heavy atom. The van der Waals surface area contributed by atoms with Gasteiger partial charge in [-0.2, -0.15) is 0 Å². The second kappa shape index (κ2) is 13.5. The third kappa shape index (κ3) is 9.91. The number of amides is 2. The lowest BCUT2D eigenvalue weighted by Gasteiger charge is -2.10. The molecule has 0 unspecified atom stereocenters. The van der Waals surface area contributed by atoms with E-state index >= 15 is 0 Å². The number of phenolic OH excluding ortho intramolecular Hbond substituents is 1. The van der Waals surface area contributed by atoms with E-state index < -0.39 is 5.97 Å². The fraction of sp³-hybridized carbons (Fsp3) is 0.550. The third-order valence-electron chi connectivity index (χ3n) is 4.09. The highest BCUT2D eigenvalue weighted by Gasteiger charge is 2.12. The zero-order chi connectivity index (χ0) is 20.8. The van der Waals surface area contributed by atoms with Crippen LogP contribution >= 0.6 is 0 Å². The minimum absolute atomic E-state index is 0.0156. The van der Waals surface area contributed by atoms with Crippen molar-refractivity contribution in [2.24, 2.45) is 0 Å². The number of ether oxygens (including phenoxy) is 1. The number of carboxylic acids is 1. The number of aromatic hydroxyl groups is 1. The maximum Gasteiger partial charge on any atom is 0.303 e. The van der Waals surface area contributed by atoms with Gasteiger partial charge in [-0.3, -0.25) is 14.4 Å². The highest BCUT2D eigenvalue weighted by Crippen LogP contribution is 2.18. The Morgan fingerprint density at radius 1 is 1.04 bits per heavy atom. The summed E-state index contributed by atoms with van der Waals surface area (Å²) in [7, 11) is 0. The van der Waals surface area contributed by atoms with Crippen molar-refractivity contribution in [3.63, 3.8) is 0 Å². The van der Waals surface area contributed by atoms with Crippen LogP contribution in [0.3, 0.4) is 0 Å². The number of aliphatic carboxylic acids is 1. The van der Waals surface area contributed by atoms with Crippen LogP contribution in [0.25, 0.3) is 0 Å². The van der Waals surface area contributed by atoms with Crippen LogP contribution in [0.2, 0.25) is 0 Å². The van der Waals surface area contributed by atoms with Crippen LogP contribution < -0.4 is 10.6 Å². The lowest BCUT2D eigenvalue weighted by Crippen LogP contribution is -2.27. The van der Waals surface area contributed by atoms with Gasteiger partial charge in [0.15, 0.2) is 0 Å². The zero-order valence-electron chi connectivity index (χ0n) is 16.3. The minimum atomic E-state index is -0.775. The Balaban J connectivity index is 2.35. The number of carbonyl (C=O) groups is 3. The number of carbonyl (C=O) groups excluding carboxylic acids is 2. The molecule has 0 bridgehead atoms. The summed E-state index contributed by atoms with van der Waals surface area (Å²) in [4.78, 5) is 34.3. The molecule has 28 heavy (non-hydrogen) atoms. The van der Waals surface area contributed by atoms with Crippen molar-refractivity contribution in [3.05, 3.63) is 29.3 Å². The van der Waals surface area contributed by atoms with Crippen LogP contribution in [-0.4, -0.2) is 47.8 Å². The molecule has 0 heterocycles. The Kier molecular flexibility index (Phi) is 11.3. The van der Waals surface area contributed by atoms with Gasteiger partial charge < -0.3 is 25.6 Å². The van der Waals surface area contributed by atoms with Crippen LogP contribution in [0.1, 0.15) is 61.4 Å². The maximum absolute atomic E-state index is 12.3. The van der Waals surface area contributed by atoms with Crippen molar-refractivity contribution < 1.29 is 29.3 Å². The van der Waals surface area contributed by atoms with Crippen molar-refractivity contribution >= 4 is 17.8 Å². The van der Waals surface area contributed by atoms with Crippen LogP contribution in [0, 0.1) is 0 Å². The monoisotopic (exact) mass is 394 g/mol. The molecule has 8 nitrogen and oxygen atoms in total. The summed E-state index contributed by atoms with van der Waals surface area (Å²) in [5.41, 5.74) is 0.865. The fourth-order valence-corrected chi connectivity index (χ4v) is 2.55.